The average molecular weight is 574 g/mol. The van der Waals surface area contributed by atoms with Gasteiger partial charge in [0.15, 0.2) is 5.65 Å². The number of phenols is 1. The molecule has 6 heteroatoms. The summed E-state index contributed by atoms with van der Waals surface area (Å²) < 4.78 is 7.31. The van der Waals surface area contributed by atoms with E-state index in [0.717, 1.165) is 47.2 Å². The highest BCUT2D eigenvalue weighted by molar-refractivity contribution is 6.99. The Balaban J connectivity index is 1.22. The van der Waals surface area contributed by atoms with E-state index in [4.69, 9.17) is 14.4 Å². The van der Waals surface area contributed by atoms with Gasteiger partial charge in [0.2, 0.25) is 0 Å². The smallest absolute Gasteiger partial charge is 0.261 e. The molecule has 0 amide bonds. The van der Waals surface area contributed by atoms with E-state index in [1.165, 1.54) is 10.4 Å². The summed E-state index contributed by atoms with van der Waals surface area (Å²) in [6.07, 6.45) is 4.97. The van der Waals surface area contributed by atoms with Crippen molar-refractivity contribution in [1.29, 1.82) is 0 Å². The van der Waals surface area contributed by atoms with Crippen molar-refractivity contribution in [3.05, 3.63) is 108 Å². The van der Waals surface area contributed by atoms with E-state index >= 15 is 0 Å². The van der Waals surface area contributed by atoms with Crippen LogP contribution in [0.3, 0.4) is 0 Å². The van der Waals surface area contributed by atoms with Crippen molar-refractivity contribution >= 4 is 29.9 Å². The van der Waals surface area contributed by atoms with Crippen LogP contribution in [0.4, 0.5) is 0 Å². The topological polar surface area (TPSA) is 68.1 Å². The number of aryl methyl sites for hydroxylation is 2. The number of benzene rings is 3. The molecule has 5 aromatic rings. The molecule has 1 saturated carbocycles. The van der Waals surface area contributed by atoms with Gasteiger partial charge in [0.1, 0.15) is 11.3 Å². The standard InChI is InChI=1S/C36H39N3O2Si/c1-24-18-25(2)34(33(40)19-24)31-16-17-32-35(39-31)38-27(23-37-32)20-26-21-28(22-26)41-42(36(3,4)5,29-12-8-6-9-13-29)30-14-10-7-11-15-30/h6-19,23,26,28,40H,20-22H2,1-5H3. The number of pyridine rings is 1. The lowest BCUT2D eigenvalue weighted by molar-refractivity contribution is 0.0559. The Morgan fingerprint density at radius 1 is 0.857 bits per heavy atom. The predicted octanol–water partition coefficient (Wildman–Crippen LogP) is 6.91. The minimum atomic E-state index is -2.55. The molecule has 1 aliphatic carbocycles. The third-order valence-corrected chi connectivity index (χ3v) is 13.7. The molecule has 3 aromatic carbocycles. The summed E-state index contributed by atoms with van der Waals surface area (Å²) in [4.78, 5) is 14.4. The highest BCUT2D eigenvalue weighted by atomic mass is 28.4. The second kappa shape index (κ2) is 11.1. The number of rotatable bonds is 7. The summed E-state index contributed by atoms with van der Waals surface area (Å²) in [6.45, 7) is 11.0. The van der Waals surface area contributed by atoms with Crippen LogP contribution in [-0.4, -0.2) is 34.5 Å². The van der Waals surface area contributed by atoms with Crippen LogP contribution in [0.5, 0.6) is 5.75 Å². The van der Waals surface area contributed by atoms with Gasteiger partial charge in [-0.15, -0.1) is 0 Å². The van der Waals surface area contributed by atoms with Gasteiger partial charge in [-0.3, -0.25) is 4.98 Å². The van der Waals surface area contributed by atoms with Gasteiger partial charge in [0, 0.05) is 17.9 Å². The number of fused-ring (bicyclic) bond motifs is 1. The number of nitrogens with zero attached hydrogens (tertiary/aromatic N) is 3. The van der Waals surface area contributed by atoms with Gasteiger partial charge in [0.05, 0.1) is 11.4 Å². The molecule has 214 valence electrons. The Bertz CT molecular complexity index is 1650. The Hall–Kier alpha value is -3.87. The molecule has 42 heavy (non-hydrogen) atoms. The molecule has 1 aliphatic rings. The molecule has 0 saturated heterocycles. The molecule has 1 fully saturated rings. The second-order valence-electron chi connectivity index (χ2n) is 12.8. The lowest BCUT2D eigenvalue weighted by atomic mass is 9.79. The minimum Gasteiger partial charge on any atom is -0.507 e. The number of phenolic OH excluding ortho intramolecular Hbond substituents is 1. The number of aromatic nitrogens is 3. The van der Waals surface area contributed by atoms with E-state index in [-0.39, 0.29) is 16.9 Å². The van der Waals surface area contributed by atoms with Crippen LogP contribution in [0.1, 0.15) is 50.4 Å². The number of hydrogen-bond acceptors (Lipinski definition) is 5. The monoisotopic (exact) mass is 573 g/mol. The Morgan fingerprint density at radius 3 is 2.10 bits per heavy atom. The summed E-state index contributed by atoms with van der Waals surface area (Å²) >= 11 is 0. The zero-order valence-electron chi connectivity index (χ0n) is 25.1. The van der Waals surface area contributed by atoms with Crippen molar-refractivity contribution in [3.63, 3.8) is 0 Å². The van der Waals surface area contributed by atoms with Gasteiger partial charge in [-0.05, 0) is 83.8 Å². The third-order valence-electron chi connectivity index (χ3n) is 8.62. The maximum Gasteiger partial charge on any atom is 0.261 e. The molecule has 0 atom stereocenters. The van der Waals surface area contributed by atoms with Crippen molar-refractivity contribution in [2.45, 2.75) is 65.0 Å². The van der Waals surface area contributed by atoms with Crippen LogP contribution in [-0.2, 0) is 10.8 Å². The van der Waals surface area contributed by atoms with E-state index in [2.05, 4.69) is 92.5 Å². The molecular weight excluding hydrogens is 535 g/mol. The fourth-order valence-corrected chi connectivity index (χ4v) is 11.3. The molecule has 2 heterocycles. The lowest BCUT2D eigenvalue weighted by Gasteiger charge is -2.48. The van der Waals surface area contributed by atoms with E-state index < -0.39 is 8.32 Å². The Labute approximate surface area is 249 Å². The molecule has 2 aromatic heterocycles. The van der Waals surface area contributed by atoms with Crippen molar-refractivity contribution in [2.24, 2.45) is 5.92 Å². The van der Waals surface area contributed by atoms with Crippen LogP contribution in [0, 0.1) is 19.8 Å². The summed E-state index contributed by atoms with van der Waals surface area (Å²) in [6, 6.07) is 29.4. The first-order valence-electron chi connectivity index (χ1n) is 14.9. The normalized spacial score (nSPS) is 17.3. The zero-order valence-corrected chi connectivity index (χ0v) is 26.1. The molecule has 0 radical (unpaired) electrons. The molecule has 0 bridgehead atoms. The van der Waals surface area contributed by atoms with Gasteiger partial charge >= 0.3 is 0 Å². The zero-order chi connectivity index (χ0) is 29.5. The van der Waals surface area contributed by atoms with Crippen LogP contribution in [0.2, 0.25) is 5.04 Å². The fourth-order valence-electron chi connectivity index (χ4n) is 6.62. The van der Waals surface area contributed by atoms with Gasteiger partial charge in [-0.25, -0.2) is 9.97 Å². The van der Waals surface area contributed by atoms with Gasteiger partial charge in [-0.2, -0.15) is 0 Å². The third kappa shape index (κ3) is 5.25. The van der Waals surface area contributed by atoms with Gasteiger partial charge in [-0.1, -0.05) is 87.5 Å². The lowest BCUT2D eigenvalue weighted by Crippen LogP contribution is -2.68. The Morgan fingerprint density at radius 2 is 1.50 bits per heavy atom. The Kier molecular flexibility index (Phi) is 7.46. The van der Waals surface area contributed by atoms with Crippen molar-refractivity contribution < 1.29 is 9.53 Å². The van der Waals surface area contributed by atoms with Gasteiger partial charge in [0.25, 0.3) is 8.32 Å². The molecule has 1 N–H and O–H groups in total. The fraction of sp³-hybridized carbons (Fsp3) is 0.306. The largest absolute Gasteiger partial charge is 0.507 e. The summed E-state index contributed by atoms with van der Waals surface area (Å²) in [5.41, 5.74) is 5.80. The SMILES string of the molecule is Cc1cc(C)c(-c2ccc3ncc(CC4CC(O[Si](c5ccccc5)(c5ccccc5)C(C)(C)C)C4)nc3n2)c(O)c1. The predicted molar refractivity (Wildman–Crippen MR) is 173 cm³/mol. The van der Waals surface area contributed by atoms with Crippen molar-refractivity contribution in [2.75, 3.05) is 0 Å². The van der Waals surface area contributed by atoms with Crippen LogP contribution in [0.15, 0.2) is 91.1 Å². The first kappa shape index (κ1) is 28.3. The molecule has 0 unspecified atom stereocenters. The van der Waals surface area contributed by atoms with E-state index in [0.29, 0.717) is 17.3 Å². The van der Waals surface area contributed by atoms with Crippen molar-refractivity contribution in [3.8, 4) is 17.0 Å². The highest BCUT2D eigenvalue weighted by Gasteiger charge is 2.52. The molecular formula is C36H39N3O2Si. The van der Waals surface area contributed by atoms with Crippen LogP contribution in [0.25, 0.3) is 22.4 Å². The maximum atomic E-state index is 10.6. The van der Waals surface area contributed by atoms with E-state index in [1.54, 1.807) is 6.07 Å². The second-order valence-corrected chi connectivity index (χ2v) is 17.1. The molecule has 5 nitrogen and oxygen atoms in total. The molecule has 0 spiro atoms. The van der Waals surface area contributed by atoms with E-state index in [9.17, 15) is 5.11 Å². The number of hydrogen-bond donors (Lipinski definition) is 1. The van der Waals surface area contributed by atoms with Gasteiger partial charge < -0.3 is 9.53 Å². The van der Waals surface area contributed by atoms with Crippen molar-refractivity contribution in [1.82, 2.24) is 15.0 Å². The highest BCUT2D eigenvalue weighted by Crippen LogP contribution is 2.42. The number of aromatic hydroxyl groups is 1. The summed E-state index contributed by atoms with van der Waals surface area (Å²) in [5, 5.41) is 13.2. The van der Waals surface area contributed by atoms with E-state index in [1.807, 2.05) is 32.2 Å². The molecule has 6 rings (SSSR count). The quantitative estimate of drug-likeness (QED) is 0.214. The first-order chi connectivity index (χ1) is 20.1. The summed E-state index contributed by atoms with van der Waals surface area (Å²) in [5.74, 6) is 0.733. The van der Waals surface area contributed by atoms with Crippen LogP contribution >= 0.6 is 0 Å². The summed E-state index contributed by atoms with van der Waals surface area (Å²) in [7, 11) is -2.55. The maximum absolute atomic E-state index is 10.6. The average Bonchev–Trinajstić information content (AvgIpc) is 2.94. The first-order valence-corrected chi connectivity index (χ1v) is 16.8. The molecule has 0 aliphatic heterocycles. The van der Waals surface area contributed by atoms with Crippen LogP contribution < -0.4 is 10.4 Å². The minimum absolute atomic E-state index is 0.0295.